The molecule has 2 rings (SSSR count). The molecule has 3 nitrogen and oxygen atoms in total. The van der Waals surface area contributed by atoms with Crippen LogP contribution in [0.2, 0.25) is 5.02 Å². The molecule has 4 heteroatoms. The molecule has 0 spiro atoms. The fraction of sp³-hybridized carbons (Fsp3) is 0.188. The maximum absolute atomic E-state index is 12.4. The predicted octanol–water partition coefficient (Wildman–Crippen LogP) is 3.66. The first-order chi connectivity index (χ1) is 9.52. The van der Waals surface area contributed by atoms with Crippen molar-refractivity contribution >= 4 is 23.1 Å². The van der Waals surface area contributed by atoms with E-state index in [-0.39, 0.29) is 12.2 Å². The number of anilines is 1. The summed E-state index contributed by atoms with van der Waals surface area (Å²) in [6.07, 6.45) is 0.230. The van der Waals surface area contributed by atoms with Crippen LogP contribution < -0.4 is 10.5 Å². The first-order valence-electron chi connectivity index (χ1n) is 6.23. The second-order valence-electron chi connectivity index (χ2n) is 4.58. The van der Waals surface area contributed by atoms with Gasteiger partial charge in [-0.05, 0) is 36.8 Å². The van der Waals surface area contributed by atoms with Gasteiger partial charge >= 0.3 is 0 Å². The number of hydrogen-bond acceptors (Lipinski definition) is 3. The van der Waals surface area contributed by atoms with Gasteiger partial charge in [-0.25, -0.2) is 0 Å². The van der Waals surface area contributed by atoms with Gasteiger partial charge in [-0.15, -0.1) is 0 Å². The maximum Gasteiger partial charge on any atom is 0.167 e. The van der Waals surface area contributed by atoms with E-state index in [1.807, 2.05) is 6.92 Å². The van der Waals surface area contributed by atoms with Gasteiger partial charge in [0, 0.05) is 28.3 Å². The number of carbonyl (C=O) groups excluding carboxylic acids is 1. The number of ketones is 1. The number of nitrogens with two attached hydrogens (primary N) is 1. The van der Waals surface area contributed by atoms with Crippen molar-refractivity contribution in [3.05, 3.63) is 58.1 Å². The lowest BCUT2D eigenvalue weighted by Crippen LogP contribution is -2.08. The standard InChI is InChI=1S/C16H16ClNO2/c1-10-13(4-3-5-14(10)18)15(19)9-11-8-12(17)6-7-16(11)20-2/h3-8H,9,18H2,1-2H3. The zero-order valence-electron chi connectivity index (χ0n) is 11.4. The van der Waals surface area contributed by atoms with Crippen LogP contribution in [0.15, 0.2) is 36.4 Å². The quantitative estimate of drug-likeness (QED) is 0.690. The molecule has 2 aromatic carbocycles. The Morgan fingerprint density at radius 1 is 1.30 bits per heavy atom. The van der Waals surface area contributed by atoms with Gasteiger partial charge in [-0.2, -0.15) is 0 Å². The monoisotopic (exact) mass is 289 g/mol. The predicted molar refractivity (Wildman–Crippen MR) is 81.6 cm³/mol. The van der Waals surface area contributed by atoms with Gasteiger partial charge in [0.25, 0.3) is 0 Å². The average Bonchev–Trinajstić information content (AvgIpc) is 2.42. The molecule has 0 heterocycles. The van der Waals surface area contributed by atoms with E-state index in [0.717, 1.165) is 11.1 Å². The average molecular weight is 290 g/mol. The molecule has 2 aromatic rings. The van der Waals surface area contributed by atoms with E-state index in [1.165, 1.54) is 0 Å². The van der Waals surface area contributed by atoms with Gasteiger partial charge in [0.1, 0.15) is 5.75 Å². The molecular formula is C16H16ClNO2. The SMILES string of the molecule is COc1ccc(Cl)cc1CC(=O)c1cccc(N)c1C. The Hall–Kier alpha value is -2.00. The molecule has 0 saturated carbocycles. The van der Waals surface area contributed by atoms with Gasteiger partial charge < -0.3 is 10.5 Å². The van der Waals surface area contributed by atoms with Gasteiger partial charge in [-0.1, -0.05) is 23.7 Å². The van der Waals surface area contributed by atoms with Crippen LogP contribution in [0, 0.1) is 6.92 Å². The highest BCUT2D eigenvalue weighted by Crippen LogP contribution is 2.25. The molecule has 0 radical (unpaired) electrons. The Labute approximate surface area is 123 Å². The van der Waals surface area contributed by atoms with E-state index in [0.29, 0.717) is 22.0 Å². The highest BCUT2D eigenvalue weighted by atomic mass is 35.5. The van der Waals surface area contributed by atoms with E-state index in [2.05, 4.69) is 0 Å². The van der Waals surface area contributed by atoms with Crippen molar-refractivity contribution in [3.63, 3.8) is 0 Å². The van der Waals surface area contributed by atoms with Crippen LogP contribution in [0.4, 0.5) is 5.69 Å². The van der Waals surface area contributed by atoms with E-state index in [1.54, 1.807) is 43.5 Å². The third-order valence-corrected chi connectivity index (χ3v) is 3.50. The van der Waals surface area contributed by atoms with Crippen molar-refractivity contribution in [1.29, 1.82) is 0 Å². The molecular weight excluding hydrogens is 274 g/mol. The Balaban J connectivity index is 2.32. The lowest BCUT2D eigenvalue weighted by Gasteiger charge is -2.10. The van der Waals surface area contributed by atoms with Crippen molar-refractivity contribution in [2.75, 3.05) is 12.8 Å². The summed E-state index contributed by atoms with van der Waals surface area (Å²) in [5.41, 5.74) is 8.66. The molecule has 0 aliphatic rings. The van der Waals surface area contributed by atoms with E-state index in [4.69, 9.17) is 22.1 Å². The van der Waals surface area contributed by atoms with Gasteiger partial charge in [0.15, 0.2) is 5.78 Å². The van der Waals surface area contributed by atoms with Crippen LogP contribution in [0.25, 0.3) is 0 Å². The first-order valence-corrected chi connectivity index (χ1v) is 6.61. The minimum absolute atomic E-state index is 0.00429. The summed E-state index contributed by atoms with van der Waals surface area (Å²) < 4.78 is 5.26. The molecule has 0 atom stereocenters. The van der Waals surface area contributed by atoms with E-state index in [9.17, 15) is 4.79 Å². The van der Waals surface area contributed by atoms with Crippen molar-refractivity contribution < 1.29 is 9.53 Å². The molecule has 104 valence electrons. The first kappa shape index (κ1) is 14.4. The Kier molecular flexibility index (Phi) is 4.30. The van der Waals surface area contributed by atoms with Crippen LogP contribution in [0.5, 0.6) is 5.75 Å². The van der Waals surface area contributed by atoms with Crippen molar-refractivity contribution in [2.45, 2.75) is 13.3 Å². The summed E-state index contributed by atoms with van der Waals surface area (Å²) in [6, 6.07) is 10.6. The molecule has 20 heavy (non-hydrogen) atoms. The Bertz CT molecular complexity index is 653. The van der Waals surface area contributed by atoms with Crippen LogP contribution in [0.1, 0.15) is 21.5 Å². The summed E-state index contributed by atoms with van der Waals surface area (Å²) in [5.74, 6) is 0.652. The van der Waals surface area contributed by atoms with Crippen LogP contribution in [0.3, 0.4) is 0 Å². The molecule has 0 bridgehead atoms. The normalized spacial score (nSPS) is 10.3. The van der Waals surface area contributed by atoms with Crippen LogP contribution in [-0.4, -0.2) is 12.9 Å². The fourth-order valence-electron chi connectivity index (χ4n) is 2.11. The van der Waals surface area contributed by atoms with Gasteiger partial charge in [-0.3, -0.25) is 4.79 Å². The number of carbonyl (C=O) groups is 1. The molecule has 0 aliphatic heterocycles. The lowest BCUT2D eigenvalue weighted by atomic mass is 9.98. The second kappa shape index (κ2) is 5.97. The zero-order chi connectivity index (χ0) is 14.7. The Morgan fingerprint density at radius 2 is 2.05 bits per heavy atom. The van der Waals surface area contributed by atoms with Crippen molar-refractivity contribution in [1.82, 2.24) is 0 Å². The van der Waals surface area contributed by atoms with Gasteiger partial charge in [0.2, 0.25) is 0 Å². The van der Waals surface area contributed by atoms with E-state index < -0.39 is 0 Å². The molecule has 0 amide bonds. The largest absolute Gasteiger partial charge is 0.496 e. The number of halogens is 1. The topological polar surface area (TPSA) is 52.3 Å². The van der Waals surface area contributed by atoms with E-state index >= 15 is 0 Å². The number of benzene rings is 2. The summed E-state index contributed by atoms with van der Waals surface area (Å²) >= 11 is 5.97. The maximum atomic E-state index is 12.4. The number of Topliss-reactive ketones (excluding diaryl/α,β-unsaturated/α-hetero) is 1. The van der Waals surface area contributed by atoms with Crippen molar-refractivity contribution in [3.8, 4) is 5.75 Å². The zero-order valence-corrected chi connectivity index (χ0v) is 12.2. The fourth-order valence-corrected chi connectivity index (χ4v) is 2.30. The van der Waals surface area contributed by atoms with Crippen LogP contribution in [-0.2, 0) is 6.42 Å². The van der Waals surface area contributed by atoms with Gasteiger partial charge in [0.05, 0.1) is 7.11 Å². The third kappa shape index (κ3) is 2.94. The Morgan fingerprint density at radius 3 is 2.75 bits per heavy atom. The van der Waals surface area contributed by atoms with Crippen molar-refractivity contribution in [2.24, 2.45) is 0 Å². The number of rotatable bonds is 4. The highest BCUT2D eigenvalue weighted by Gasteiger charge is 2.14. The summed E-state index contributed by atoms with van der Waals surface area (Å²) in [5, 5.41) is 0.581. The number of hydrogen-bond donors (Lipinski definition) is 1. The molecule has 0 aromatic heterocycles. The molecule has 0 saturated heterocycles. The lowest BCUT2D eigenvalue weighted by molar-refractivity contribution is 0.0991. The minimum atomic E-state index is -0.00429. The highest BCUT2D eigenvalue weighted by molar-refractivity contribution is 6.30. The number of methoxy groups -OCH3 is 1. The summed E-state index contributed by atoms with van der Waals surface area (Å²) in [6.45, 7) is 1.85. The number of ether oxygens (including phenoxy) is 1. The number of nitrogen functional groups attached to an aromatic ring is 1. The summed E-state index contributed by atoms with van der Waals surface area (Å²) in [4.78, 5) is 12.4. The van der Waals surface area contributed by atoms with Crippen LogP contribution >= 0.6 is 11.6 Å². The molecule has 2 N–H and O–H groups in total. The second-order valence-corrected chi connectivity index (χ2v) is 5.01. The molecule has 0 fully saturated rings. The minimum Gasteiger partial charge on any atom is -0.496 e. The molecule has 0 aliphatic carbocycles. The smallest absolute Gasteiger partial charge is 0.167 e. The summed E-state index contributed by atoms with van der Waals surface area (Å²) in [7, 11) is 1.57. The molecule has 0 unspecified atom stereocenters. The third-order valence-electron chi connectivity index (χ3n) is 3.27.